The maximum Gasteiger partial charge on any atom is 0.370 e. The first-order chi connectivity index (χ1) is 11.5. The number of benzene rings is 2. The van der Waals surface area contributed by atoms with Gasteiger partial charge in [-0.15, -0.1) is 0 Å². The quantitative estimate of drug-likeness (QED) is 0.802. The van der Waals surface area contributed by atoms with E-state index in [1.807, 2.05) is 0 Å². The van der Waals surface area contributed by atoms with Crippen LogP contribution in [0.4, 0.5) is 14.5 Å². The van der Waals surface area contributed by atoms with Gasteiger partial charge in [0.25, 0.3) is 5.91 Å². The summed E-state index contributed by atoms with van der Waals surface area (Å²) in [6.07, 6.45) is 0. The summed E-state index contributed by atoms with van der Waals surface area (Å²) >= 11 is 0. The van der Waals surface area contributed by atoms with Gasteiger partial charge in [0, 0.05) is 24.4 Å². The summed E-state index contributed by atoms with van der Waals surface area (Å²) in [5, 5.41) is 2.37. The predicted octanol–water partition coefficient (Wildman–Crippen LogP) is 3.18. The number of anilines is 1. The van der Waals surface area contributed by atoms with Crippen LogP contribution in [0.2, 0.25) is 0 Å². The van der Waals surface area contributed by atoms with Gasteiger partial charge in [-0.3, -0.25) is 4.79 Å². The van der Waals surface area contributed by atoms with Gasteiger partial charge >= 0.3 is 5.63 Å². The number of rotatable bonds is 3. The van der Waals surface area contributed by atoms with E-state index in [4.69, 9.17) is 4.52 Å². The normalized spacial score (nSPS) is 10.6. The third-order valence-electron chi connectivity index (χ3n) is 3.43. The summed E-state index contributed by atoms with van der Waals surface area (Å²) in [4.78, 5) is 24.4. The lowest BCUT2D eigenvalue weighted by Crippen LogP contribution is -2.19. The third kappa shape index (κ3) is 2.83. The van der Waals surface area contributed by atoms with E-state index in [1.165, 1.54) is 17.9 Å². The van der Waals surface area contributed by atoms with Crippen molar-refractivity contribution in [3.8, 4) is 11.3 Å². The Hall–Kier alpha value is -3.22. The molecule has 0 saturated carbocycles. The highest BCUT2D eigenvalue weighted by Gasteiger charge is 2.24. The van der Waals surface area contributed by atoms with Crippen molar-refractivity contribution in [2.24, 2.45) is 7.05 Å². The van der Waals surface area contributed by atoms with E-state index < -0.39 is 23.2 Å². The summed E-state index contributed by atoms with van der Waals surface area (Å²) in [6.45, 7) is 0. The molecule has 0 atom stereocenters. The average molecular weight is 330 g/mol. The van der Waals surface area contributed by atoms with Crippen LogP contribution in [-0.2, 0) is 7.05 Å². The zero-order valence-electron chi connectivity index (χ0n) is 12.5. The number of carbonyl (C=O) groups is 1. The topological polar surface area (TPSA) is 64.2 Å². The Morgan fingerprint density at radius 3 is 2.46 bits per heavy atom. The Morgan fingerprint density at radius 2 is 1.79 bits per heavy atom. The van der Waals surface area contributed by atoms with E-state index in [-0.39, 0.29) is 11.3 Å². The predicted molar refractivity (Wildman–Crippen MR) is 83.7 cm³/mol. The Labute approximate surface area is 135 Å². The molecule has 0 aliphatic carbocycles. The Bertz CT molecular complexity index is 962. The fourth-order valence-electron chi connectivity index (χ4n) is 2.36. The van der Waals surface area contributed by atoms with Crippen molar-refractivity contribution in [3.63, 3.8) is 0 Å². The van der Waals surface area contributed by atoms with E-state index in [2.05, 4.69) is 5.32 Å². The van der Waals surface area contributed by atoms with Crippen LogP contribution in [0.3, 0.4) is 0 Å². The largest absolute Gasteiger partial charge is 0.370 e. The number of carbonyl (C=O) groups excluding carboxylic acids is 1. The van der Waals surface area contributed by atoms with Gasteiger partial charge in [0.1, 0.15) is 5.69 Å². The summed E-state index contributed by atoms with van der Waals surface area (Å²) in [5.74, 6) is -2.90. The monoisotopic (exact) mass is 330 g/mol. The highest BCUT2D eigenvalue weighted by molar-refractivity contribution is 6.07. The Kier molecular flexibility index (Phi) is 3.99. The van der Waals surface area contributed by atoms with Gasteiger partial charge in [0.2, 0.25) is 0 Å². The SMILES string of the molecule is Cn1oc(=O)c(C(=O)Nc2ccc(F)c(F)c2)c1-c1ccccc1. The molecule has 0 fully saturated rings. The number of nitrogens with zero attached hydrogens (tertiary/aromatic N) is 1. The zero-order chi connectivity index (χ0) is 17.3. The van der Waals surface area contributed by atoms with Gasteiger partial charge in [-0.2, -0.15) is 0 Å². The average Bonchev–Trinajstić information content (AvgIpc) is 2.86. The number of hydrogen-bond donors (Lipinski definition) is 1. The molecule has 0 aliphatic rings. The van der Waals surface area contributed by atoms with Crippen molar-refractivity contribution in [1.29, 1.82) is 0 Å². The molecule has 5 nitrogen and oxygen atoms in total. The molecule has 1 heterocycles. The van der Waals surface area contributed by atoms with Crippen LogP contribution in [-0.4, -0.2) is 10.6 Å². The number of nitrogens with one attached hydrogen (secondary N) is 1. The second kappa shape index (κ2) is 6.11. The summed E-state index contributed by atoms with van der Waals surface area (Å²) in [7, 11) is 1.50. The van der Waals surface area contributed by atoms with E-state index in [0.717, 1.165) is 12.1 Å². The molecule has 0 unspecified atom stereocenters. The highest BCUT2D eigenvalue weighted by atomic mass is 19.2. The van der Waals surface area contributed by atoms with Gasteiger partial charge in [-0.1, -0.05) is 30.3 Å². The molecule has 0 spiro atoms. The Morgan fingerprint density at radius 1 is 1.08 bits per heavy atom. The summed E-state index contributed by atoms with van der Waals surface area (Å²) in [5.41, 5.74) is -0.104. The van der Waals surface area contributed by atoms with E-state index >= 15 is 0 Å². The molecule has 0 saturated heterocycles. The van der Waals surface area contributed by atoms with Crippen molar-refractivity contribution in [3.05, 3.63) is 76.1 Å². The fourth-order valence-corrected chi connectivity index (χ4v) is 2.36. The number of aryl methyl sites for hydroxylation is 1. The van der Waals surface area contributed by atoms with Crippen LogP contribution >= 0.6 is 0 Å². The molecule has 1 aromatic heterocycles. The molecule has 2 aromatic carbocycles. The minimum absolute atomic E-state index is 0.0289. The molecular formula is C17H12F2N2O3. The highest BCUT2D eigenvalue weighted by Crippen LogP contribution is 2.23. The van der Waals surface area contributed by atoms with Crippen LogP contribution in [0.25, 0.3) is 11.3 Å². The van der Waals surface area contributed by atoms with Crippen LogP contribution < -0.4 is 10.9 Å². The summed E-state index contributed by atoms with van der Waals surface area (Å²) in [6, 6.07) is 11.7. The maximum atomic E-state index is 13.2. The lowest BCUT2D eigenvalue weighted by atomic mass is 10.1. The van der Waals surface area contributed by atoms with E-state index in [9.17, 15) is 18.4 Å². The van der Waals surface area contributed by atoms with E-state index in [0.29, 0.717) is 11.3 Å². The van der Waals surface area contributed by atoms with Crippen molar-refractivity contribution >= 4 is 11.6 Å². The first-order valence-corrected chi connectivity index (χ1v) is 6.99. The molecule has 24 heavy (non-hydrogen) atoms. The first kappa shape index (κ1) is 15.7. The molecule has 0 bridgehead atoms. The summed E-state index contributed by atoms with van der Waals surface area (Å²) < 4.78 is 32.4. The van der Waals surface area contributed by atoms with Crippen molar-refractivity contribution in [2.75, 3.05) is 5.32 Å². The standard InChI is InChI=1S/C17H12F2N2O3/c1-21-15(10-5-3-2-4-6-10)14(17(23)24-21)16(22)20-11-7-8-12(18)13(19)9-11/h2-9H,1H3,(H,20,22). The maximum absolute atomic E-state index is 13.2. The van der Waals surface area contributed by atoms with Gasteiger partial charge in [0.15, 0.2) is 17.2 Å². The van der Waals surface area contributed by atoms with Gasteiger partial charge < -0.3 is 9.84 Å². The molecule has 0 aliphatic heterocycles. The lowest BCUT2D eigenvalue weighted by molar-refractivity contribution is 0.102. The molecule has 122 valence electrons. The third-order valence-corrected chi connectivity index (χ3v) is 3.43. The van der Waals surface area contributed by atoms with Crippen LogP contribution in [0.15, 0.2) is 57.8 Å². The minimum Gasteiger partial charge on any atom is -0.335 e. The second-order valence-corrected chi connectivity index (χ2v) is 5.05. The van der Waals surface area contributed by atoms with Gasteiger partial charge in [-0.25, -0.2) is 18.3 Å². The fraction of sp³-hybridized carbons (Fsp3) is 0.0588. The van der Waals surface area contributed by atoms with Crippen LogP contribution in [0.5, 0.6) is 0 Å². The molecular weight excluding hydrogens is 318 g/mol. The smallest absolute Gasteiger partial charge is 0.335 e. The van der Waals surface area contributed by atoms with E-state index in [1.54, 1.807) is 30.3 Å². The number of amides is 1. The number of halogens is 2. The van der Waals surface area contributed by atoms with Crippen molar-refractivity contribution in [1.82, 2.24) is 4.74 Å². The lowest BCUT2D eigenvalue weighted by Gasteiger charge is -2.06. The molecule has 1 amide bonds. The molecule has 3 rings (SSSR count). The zero-order valence-corrected chi connectivity index (χ0v) is 12.5. The Balaban J connectivity index is 2.01. The molecule has 0 radical (unpaired) electrons. The first-order valence-electron chi connectivity index (χ1n) is 6.99. The number of hydrogen-bond acceptors (Lipinski definition) is 3. The molecule has 7 heteroatoms. The van der Waals surface area contributed by atoms with Crippen molar-refractivity contribution < 1.29 is 18.1 Å². The minimum atomic E-state index is -1.10. The van der Waals surface area contributed by atoms with Gasteiger partial charge in [-0.05, 0) is 12.1 Å². The van der Waals surface area contributed by atoms with Crippen LogP contribution in [0, 0.1) is 11.6 Å². The van der Waals surface area contributed by atoms with Crippen molar-refractivity contribution in [2.45, 2.75) is 0 Å². The second-order valence-electron chi connectivity index (χ2n) is 5.05. The molecule has 3 aromatic rings. The van der Waals surface area contributed by atoms with Gasteiger partial charge in [0.05, 0.1) is 0 Å². The molecule has 1 N–H and O–H groups in total. The van der Waals surface area contributed by atoms with Crippen LogP contribution in [0.1, 0.15) is 10.4 Å². The number of aromatic nitrogens is 1.